The minimum Gasteiger partial charge on any atom is -0.299 e. The van der Waals surface area contributed by atoms with Gasteiger partial charge in [0.1, 0.15) is 5.78 Å². The number of rotatable bonds is 5. The monoisotopic (exact) mass is 378 g/mol. The fourth-order valence-electron chi connectivity index (χ4n) is 1.62. The molecule has 2 aromatic carbocycles. The summed E-state index contributed by atoms with van der Waals surface area (Å²) in [5.74, 6) is 0.102. The van der Waals surface area contributed by atoms with E-state index in [1.165, 1.54) is 0 Å². The molecule has 0 saturated heterocycles. The van der Waals surface area contributed by atoms with Gasteiger partial charge in [-0.3, -0.25) is 4.79 Å². The van der Waals surface area contributed by atoms with Crippen molar-refractivity contribution < 1.29 is 4.79 Å². The molecule has 0 spiro atoms. The van der Waals surface area contributed by atoms with E-state index in [2.05, 4.69) is 31.9 Å². The van der Waals surface area contributed by atoms with Gasteiger partial charge < -0.3 is 0 Å². The highest BCUT2D eigenvalue weighted by Crippen LogP contribution is 2.15. The lowest BCUT2D eigenvalue weighted by Crippen LogP contribution is -2.00. The van der Waals surface area contributed by atoms with Crippen molar-refractivity contribution in [1.82, 2.24) is 0 Å². The van der Waals surface area contributed by atoms with E-state index in [1.54, 1.807) is 6.42 Å². The van der Waals surface area contributed by atoms with Crippen LogP contribution in [0.25, 0.3) is 0 Å². The molecule has 0 aliphatic rings. The van der Waals surface area contributed by atoms with E-state index in [-0.39, 0.29) is 5.78 Å². The van der Waals surface area contributed by atoms with E-state index in [0.717, 1.165) is 20.1 Å². The van der Waals surface area contributed by atoms with Crippen molar-refractivity contribution in [3.05, 3.63) is 81.4 Å². The Morgan fingerprint density at radius 3 is 1.84 bits per heavy atom. The van der Waals surface area contributed by atoms with Gasteiger partial charge in [0, 0.05) is 15.4 Å². The molecule has 0 fully saturated rings. The third-order valence-corrected chi connectivity index (χ3v) is 3.66. The molecule has 0 heterocycles. The van der Waals surface area contributed by atoms with Gasteiger partial charge >= 0.3 is 0 Å². The minimum absolute atomic E-state index is 0.102. The minimum atomic E-state index is 0.102. The van der Waals surface area contributed by atoms with Crippen LogP contribution in [0.3, 0.4) is 0 Å². The Morgan fingerprint density at radius 1 is 0.842 bits per heavy atom. The highest BCUT2D eigenvalue weighted by Gasteiger charge is 2.05. The molecule has 1 nitrogen and oxygen atoms in total. The Kier molecular flexibility index (Phi) is 5.34. The molecule has 2 rings (SSSR count). The van der Waals surface area contributed by atoms with Crippen LogP contribution in [-0.2, 0) is 4.79 Å². The molecular weight excluding hydrogens is 368 g/mol. The van der Waals surface area contributed by atoms with Crippen molar-refractivity contribution in [2.24, 2.45) is 0 Å². The van der Waals surface area contributed by atoms with Gasteiger partial charge in [-0.15, -0.1) is 0 Å². The summed E-state index contributed by atoms with van der Waals surface area (Å²) in [7, 11) is 0. The van der Waals surface area contributed by atoms with E-state index in [1.807, 2.05) is 55.0 Å². The Morgan fingerprint density at radius 2 is 1.32 bits per heavy atom. The van der Waals surface area contributed by atoms with Crippen molar-refractivity contribution in [2.75, 3.05) is 0 Å². The van der Waals surface area contributed by atoms with E-state index in [9.17, 15) is 4.79 Å². The average molecular weight is 380 g/mol. The molecule has 2 aromatic rings. The van der Waals surface area contributed by atoms with Crippen LogP contribution in [-0.4, -0.2) is 5.78 Å². The maximum absolute atomic E-state index is 11.8. The molecule has 2 radical (unpaired) electrons. The first-order valence-electron chi connectivity index (χ1n) is 5.85. The Labute approximate surface area is 130 Å². The van der Waals surface area contributed by atoms with Crippen molar-refractivity contribution in [1.29, 1.82) is 0 Å². The maximum atomic E-state index is 11.8. The number of hydrogen-bond acceptors (Lipinski definition) is 1. The third-order valence-electron chi connectivity index (χ3n) is 2.61. The quantitative estimate of drug-likeness (QED) is 0.716. The molecule has 0 aliphatic heterocycles. The highest BCUT2D eigenvalue weighted by atomic mass is 79.9. The molecule has 19 heavy (non-hydrogen) atoms. The summed E-state index contributed by atoms with van der Waals surface area (Å²) in [6.45, 7) is 0. The van der Waals surface area contributed by atoms with Crippen LogP contribution >= 0.6 is 31.9 Å². The van der Waals surface area contributed by atoms with E-state index in [0.29, 0.717) is 6.42 Å². The summed E-state index contributed by atoms with van der Waals surface area (Å²) < 4.78 is 2.05. The fraction of sp³-hybridized carbons (Fsp3) is 0.0625. The number of Topliss-reactive ketones (excluding diaryl/α,β-unsaturated/α-hetero) is 1. The van der Waals surface area contributed by atoms with Crippen LogP contribution < -0.4 is 0 Å². The molecule has 96 valence electrons. The van der Waals surface area contributed by atoms with Gasteiger partial charge in [0.15, 0.2) is 0 Å². The lowest BCUT2D eigenvalue weighted by molar-refractivity contribution is -0.115. The first-order valence-corrected chi connectivity index (χ1v) is 7.44. The zero-order valence-electron chi connectivity index (χ0n) is 10.1. The predicted octanol–water partition coefficient (Wildman–Crippen LogP) is 4.98. The van der Waals surface area contributed by atoms with Crippen molar-refractivity contribution in [3.63, 3.8) is 0 Å². The molecule has 0 saturated carbocycles. The predicted molar refractivity (Wildman–Crippen MR) is 84.7 cm³/mol. The third kappa shape index (κ3) is 4.92. The van der Waals surface area contributed by atoms with Crippen LogP contribution in [0, 0.1) is 12.8 Å². The van der Waals surface area contributed by atoms with Crippen molar-refractivity contribution in [3.8, 4) is 0 Å². The zero-order chi connectivity index (χ0) is 13.7. The molecule has 0 bridgehead atoms. The SMILES string of the molecule is O=C([CH]c1ccc(Br)cc1)C[CH]c1ccc(Br)cc1. The first-order chi connectivity index (χ1) is 9.13. The smallest absolute Gasteiger partial charge is 0.142 e. The van der Waals surface area contributed by atoms with E-state index < -0.39 is 0 Å². The van der Waals surface area contributed by atoms with Crippen LogP contribution in [0.5, 0.6) is 0 Å². The lowest BCUT2D eigenvalue weighted by Gasteiger charge is -2.02. The normalized spacial score (nSPS) is 10.4. The highest BCUT2D eigenvalue weighted by molar-refractivity contribution is 9.10. The van der Waals surface area contributed by atoms with Crippen molar-refractivity contribution >= 4 is 37.6 Å². The number of hydrogen-bond donors (Lipinski definition) is 0. The summed E-state index contributed by atoms with van der Waals surface area (Å²) >= 11 is 6.75. The molecule has 0 N–H and O–H groups in total. The summed E-state index contributed by atoms with van der Waals surface area (Å²) in [6, 6.07) is 15.6. The van der Waals surface area contributed by atoms with Gasteiger partial charge in [-0.25, -0.2) is 0 Å². The topological polar surface area (TPSA) is 17.1 Å². The summed E-state index contributed by atoms with van der Waals surface area (Å²) in [5, 5.41) is 0. The van der Waals surface area contributed by atoms with Gasteiger partial charge in [0.05, 0.1) is 6.42 Å². The number of carbonyl (C=O) groups excluding carboxylic acids is 1. The number of halogens is 2. The largest absolute Gasteiger partial charge is 0.299 e. The van der Waals surface area contributed by atoms with Gasteiger partial charge in [-0.05, 0) is 41.8 Å². The number of ketones is 1. The molecule has 0 amide bonds. The summed E-state index contributed by atoms with van der Waals surface area (Å²) in [5.41, 5.74) is 1.98. The van der Waals surface area contributed by atoms with Crippen LogP contribution in [0.15, 0.2) is 57.5 Å². The van der Waals surface area contributed by atoms with Crippen LogP contribution in [0.4, 0.5) is 0 Å². The standard InChI is InChI=1S/C16H12Br2O/c17-14-6-1-12(2-7-14)5-10-16(19)11-13-3-8-15(18)9-4-13/h1-9,11H,10H2. The zero-order valence-corrected chi connectivity index (χ0v) is 13.3. The second-order valence-corrected chi connectivity index (χ2v) is 5.95. The molecule has 0 aromatic heterocycles. The number of benzene rings is 2. The van der Waals surface area contributed by atoms with Gasteiger partial charge in [-0.2, -0.15) is 0 Å². The average Bonchev–Trinajstić information content (AvgIpc) is 2.41. The van der Waals surface area contributed by atoms with Gasteiger partial charge in [0.2, 0.25) is 0 Å². The van der Waals surface area contributed by atoms with Gasteiger partial charge in [0.25, 0.3) is 0 Å². The molecule has 0 aliphatic carbocycles. The Bertz CT molecular complexity index is 544. The molecule has 0 atom stereocenters. The van der Waals surface area contributed by atoms with Crippen molar-refractivity contribution in [2.45, 2.75) is 6.42 Å². The fourth-order valence-corrected chi connectivity index (χ4v) is 2.15. The van der Waals surface area contributed by atoms with Gasteiger partial charge in [-0.1, -0.05) is 56.1 Å². The first kappa shape index (κ1) is 14.5. The number of carbonyl (C=O) groups is 1. The lowest BCUT2D eigenvalue weighted by atomic mass is 10.0. The Hall–Kier alpha value is -0.930. The summed E-state index contributed by atoms with van der Waals surface area (Å²) in [6.07, 6.45) is 4.02. The van der Waals surface area contributed by atoms with Crippen LogP contribution in [0.2, 0.25) is 0 Å². The molecule has 0 unspecified atom stereocenters. The molecular formula is C16H12Br2O. The van der Waals surface area contributed by atoms with Crippen LogP contribution in [0.1, 0.15) is 17.5 Å². The summed E-state index contributed by atoms with van der Waals surface area (Å²) in [4.78, 5) is 11.8. The molecule has 3 heteroatoms. The maximum Gasteiger partial charge on any atom is 0.142 e. The van der Waals surface area contributed by atoms with E-state index >= 15 is 0 Å². The Balaban J connectivity index is 1.84. The second kappa shape index (κ2) is 7.01. The van der Waals surface area contributed by atoms with E-state index in [4.69, 9.17) is 0 Å². The second-order valence-electron chi connectivity index (χ2n) is 4.12.